The van der Waals surface area contributed by atoms with Crippen LogP contribution in [0.3, 0.4) is 0 Å². The molecule has 0 bridgehead atoms. The second kappa shape index (κ2) is 4.94. The van der Waals surface area contributed by atoms with E-state index in [2.05, 4.69) is 19.1 Å². The molecule has 1 aromatic rings. The largest absolute Gasteiger partial charge is 0.396 e. The van der Waals surface area contributed by atoms with Gasteiger partial charge in [-0.05, 0) is 24.3 Å². The van der Waals surface area contributed by atoms with Crippen LogP contribution < -0.4 is 0 Å². The molecule has 1 rings (SSSR count). The van der Waals surface area contributed by atoms with Crippen molar-refractivity contribution in [3.63, 3.8) is 0 Å². The molecule has 1 aromatic carbocycles. The van der Waals surface area contributed by atoms with Gasteiger partial charge in [0.05, 0.1) is 0 Å². The first-order valence-corrected chi connectivity index (χ1v) is 4.37. The molecule has 0 spiro atoms. The number of rotatable bonds is 4. The van der Waals surface area contributed by atoms with Crippen LogP contribution >= 0.6 is 0 Å². The highest BCUT2D eigenvalue weighted by atomic mass is 16.3. The first kappa shape index (κ1) is 9.27. The smallest absolute Gasteiger partial charge is 0.0468 e. The van der Waals surface area contributed by atoms with Crippen LogP contribution in [-0.2, 0) is 0 Å². The summed E-state index contributed by atoms with van der Waals surface area (Å²) in [6.07, 6.45) is 2.99. The van der Waals surface area contributed by atoms with Crippen LogP contribution in [-0.4, -0.2) is 11.7 Å². The van der Waals surface area contributed by atoms with Gasteiger partial charge < -0.3 is 5.11 Å². The summed E-state index contributed by atoms with van der Waals surface area (Å²) in [7, 11) is 0. The van der Waals surface area contributed by atoms with E-state index in [9.17, 15) is 0 Å². The van der Waals surface area contributed by atoms with Crippen LogP contribution in [0.4, 0.5) is 0 Å². The molecule has 1 unspecified atom stereocenters. The van der Waals surface area contributed by atoms with Crippen molar-refractivity contribution in [1.29, 1.82) is 0 Å². The number of aliphatic hydroxyl groups excluding tert-OH is 1. The molecule has 12 heavy (non-hydrogen) atoms. The fourth-order valence-corrected chi connectivity index (χ4v) is 1.37. The van der Waals surface area contributed by atoms with Crippen molar-refractivity contribution < 1.29 is 5.11 Å². The maximum absolute atomic E-state index is 8.77. The fourth-order valence-electron chi connectivity index (χ4n) is 1.37. The zero-order chi connectivity index (χ0) is 8.81. The summed E-state index contributed by atoms with van der Waals surface area (Å²) in [5.74, 6) is 0.399. The first-order chi connectivity index (χ1) is 5.88. The summed E-state index contributed by atoms with van der Waals surface area (Å²) in [5, 5.41) is 8.77. The van der Waals surface area contributed by atoms with Crippen molar-refractivity contribution >= 4 is 0 Å². The van der Waals surface area contributed by atoms with E-state index in [-0.39, 0.29) is 6.61 Å². The molecule has 0 saturated carbocycles. The molecule has 1 heteroatoms. The van der Waals surface area contributed by atoms with Crippen molar-refractivity contribution in [3.8, 4) is 0 Å². The molecule has 0 heterocycles. The van der Waals surface area contributed by atoms with E-state index >= 15 is 0 Å². The third kappa shape index (κ3) is 2.35. The molecular formula is C11H15O. The third-order valence-electron chi connectivity index (χ3n) is 2.06. The summed E-state index contributed by atoms with van der Waals surface area (Å²) in [5.41, 5.74) is 1.29. The van der Waals surface area contributed by atoms with Gasteiger partial charge in [0, 0.05) is 6.61 Å². The van der Waals surface area contributed by atoms with Gasteiger partial charge in [-0.1, -0.05) is 37.3 Å². The van der Waals surface area contributed by atoms with Gasteiger partial charge in [-0.15, -0.1) is 0 Å². The molecule has 1 atom stereocenters. The van der Waals surface area contributed by atoms with Crippen molar-refractivity contribution in [2.45, 2.75) is 19.3 Å². The second-order valence-corrected chi connectivity index (χ2v) is 2.84. The molecule has 0 aliphatic rings. The molecule has 0 fully saturated rings. The van der Waals surface area contributed by atoms with E-state index < -0.39 is 0 Å². The van der Waals surface area contributed by atoms with E-state index in [4.69, 9.17) is 5.11 Å². The SMILES string of the molecule is CCC([CH]CO)c1ccccc1. The Kier molecular flexibility index (Phi) is 3.81. The van der Waals surface area contributed by atoms with Gasteiger partial charge in [0.15, 0.2) is 0 Å². The van der Waals surface area contributed by atoms with Crippen LogP contribution in [0.5, 0.6) is 0 Å². The van der Waals surface area contributed by atoms with Crippen LogP contribution in [0.2, 0.25) is 0 Å². The van der Waals surface area contributed by atoms with Crippen LogP contribution in [0, 0.1) is 6.42 Å². The molecule has 0 aliphatic carbocycles. The summed E-state index contributed by atoms with van der Waals surface area (Å²) in [4.78, 5) is 0. The highest BCUT2D eigenvalue weighted by Crippen LogP contribution is 2.21. The molecule has 0 aliphatic heterocycles. The highest BCUT2D eigenvalue weighted by molar-refractivity contribution is 5.21. The Morgan fingerprint density at radius 1 is 1.33 bits per heavy atom. The molecule has 1 radical (unpaired) electrons. The van der Waals surface area contributed by atoms with E-state index in [1.807, 2.05) is 24.6 Å². The van der Waals surface area contributed by atoms with Crippen molar-refractivity contribution in [1.82, 2.24) is 0 Å². The monoisotopic (exact) mass is 163 g/mol. The van der Waals surface area contributed by atoms with E-state index in [1.54, 1.807) is 0 Å². The molecule has 1 nitrogen and oxygen atoms in total. The highest BCUT2D eigenvalue weighted by Gasteiger charge is 2.06. The van der Waals surface area contributed by atoms with Crippen molar-refractivity contribution in [3.05, 3.63) is 42.3 Å². The Labute approximate surface area is 74.1 Å². The average molecular weight is 163 g/mol. The van der Waals surface area contributed by atoms with Crippen molar-refractivity contribution in [2.24, 2.45) is 0 Å². The van der Waals surface area contributed by atoms with Gasteiger partial charge in [-0.2, -0.15) is 0 Å². The predicted octanol–water partition coefficient (Wildman–Crippen LogP) is 2.38. The summed E-state index contributed by atoms with van der Waals surface area (Å²) in [6.45, 7) is 2.29. The maximum atomic E-state index is 8.77. The zero-order valence-electron chi connectivity index (χ0n) is 7.40. The summed E-state index contributed by atoms with van der Waals surface area (Å²) in [6, 6.07) is 10.3. The second-order valence-electron chi connectivity index (χ2n) is 2.84. The van der Waals surface area contributed by atoms with E-state index in [1.165, 1.54) is 5.56 Å². The molecule has 0 amide bonds. The van der Waals surface area contributed by atoms with Gasteiger partial charge in [0.25, 0.3) is 0 Å². The lowest BCUT2D eigenvalue weighted by atomic mass is 9.94. The Balaban J connectivity index is 2.66. The minimum Gasteiger partial charge on any atom is -0.396 e. The number of aliphatic hydroxyl groups is 1. The normalized spacial score (nSPS) is 12.8. The van der Waals surface area contributed by atoms with Crippen LogP contribution in [0.25, 0.3) is 0 Å². The van der Waals surface area contributed by atoms with Crippen molar-refractivity contribution in [2.75, 3.05) is 6.61 Å². The molecule has 65 valence electrons. The van der Waals surface area contributed by atoms with Gasteiger partial charge in [0.2, 0.25) is 0 Å². The predicted molar refractivity (Wildman–Crippen MR) is 50.9 cm³/mol. The molecular weight excluding hydrogens is 148 g/mol. The lowest BCUT2D eigenvalue weighted by molar-refractivity contribution is 0.318. The quantitative estimate of drug-likeness (QED) is 0.722. The maximum Gasteiger partial charge on any atom is 0.0468 e. The Bertz CT molecular complexity index is 206. The molecule has 1 N–H and O–H groups in total. The minimum atomic E-state index is 0.160. The lowest BCUT2D eigenvalue weighted by Gasteiger charge is -2.12. The molecule has 0 aromatic heterocycles. The summed E-state index contributed by atoms with van der Waals surface area (Å²) < 4.78 is 0. The number of hydrogen-bond acceptors (Lipinski definition) is 1. The third-order valence-corrected chi connectivity index (χ3v) is 2.06. The Morgan fingerprint density at radius 3 is 2.50 bits per heavy atom. The van der Waals surface area contributed by atoms with E-state index in [0.29, 0.717) is 5.92 Å². The van der Waals surface area contributed by atoms with Crippen LogP contribution in [0.15, 0.2) is 30.3 Å². The lowest BCUT2D eigenvalue weighted by Crippen LogP contribution is -2.00. The number of benzene rings is 1. The summed E-state index contributed by atoms with van der Waals surface area (Å²) >= 11 is 0. The zero-order valence-corrected chi connectivity index (χ0v) is 7.40. The first-order valence-electron chi connectivity index (χ1n) is 4.37. The Hall–Kier alpha value is -0.820. The molecule has 0 saturated heterocycles. The topological polar surface area (TPSA) is 20.2 Å². The van der Waals surface area contributed by atoms with Gasteiger partial charge in [0.1, 0.15) is 0 Å². The van der Waals surface area contributed by atoms with Gasteiger partial charge in [-0.3, -0.25) is 0 Å². The Morgan fingerprint density at radius 2 is 2.00 bits per heavy atom. The fraction of sp³-hybridized carbons (Fsp3) is 0.364. The number of hydrogen-bond donors (Lipinski definition) is 1. The average Bonchev–Trinajstić information content (AvgIpc) is 2.15. The van der Waals surface area contributed by atoms with Gasteiger partial charge in [-0.25, -0.2) is 0 Å². The van der Waals surface area contributed by atoms with Gasteiger partial charge >= 0.3 is 0 Å². The minimum absolute atomic E-state index is 0.160. The standard InChI is InChI=1S/C11H15O/c1-2-10(8-9-12)11-6-4-3-5-7-11/h3-8,10,12H,2,9H2,1H3. The van der Waals surface area contributed by atoms with E-state index in [0.717, 1.165) is 6.42 Å². The van der Waals surface area contributed by atoms with Crippen LogP contribution in [0.1, 0.15) is 24.8 Å².